The molecular weight excluding hydrogens is 357 g/mol. The molecule has 0 saturated carbocycles. The predicted molar refractivity (Wildman–Crippen MR) is 84.7 cm³/mol. The lowest BCUT2D eigenvalue weighted by Gasteiger charge is -2.27. The number of hydrogen-bond donors (Lipinski definition) is 0. The van der Waals surface area contributed by atoms with Crippen LogP contribution >= 0.6 is 0 Å². The van der Waals surface area contributed by atoms with Gasteiger partial charge < -0.3 is 4.42 Å². The first-order chi connectivity index (χ1) is 11.1. The van der Waals surface area contributed by atoms with E-state index >= 15 is 0 Å². The summed E-state index contributed by atoms with van der Waals surface area (Å²) in [6.07, 6.45) is -5.03. The minimum absolute atomic E-state index is 0.0838. The fraction of sp³-hybridized carbons (Fsp3) is 0.500. The van der Waals surface area contributed by atoms with Gasteiger partial charge >= 0.3 is 6.18 Å². The Morgan fingerprint density at radius 1 is 1.12 bits per heavy atom. The maximum absolute atomic E-state index is 13.3. The number of fused-ring (bicyclic) bond motifs is 1. The van der Waals surface area contributed by atoms with Crippen LogP contribution < -0.4 is 0 Å². The zero-order valence-corrected chi connectivity index (χ0v) is 15.1. The summed E-state index contributed by atoms with van der Waals surface area (Å²) >= 11 is 0. The lowest BCUT2D eigenvalue weighted by atomic mass is 9.97. The molecule has 136 valence electrons. The van der Waals surface area contributed by atoms with Gasteiger partial charge in [0, 0.05) is 5.41 Å². The molecule has 0 fully saturated rings. The van der Waals surface area contributed by atoms with Gasteiger partial charge in [0.05, 0.1) is 5.56 Å². The van der Waals surface area contributed by atoms with Gasteiger partial charge in [0.25, 0.3) is 0 Å². The molecule has 25 heavy (non-hydrogen) atoms. The number of rotatable bonds is 2. The first kappa shape index (κ1) is 19.2. The van der Waals surface area contributed by atoms with Gasteiger partial charge in [-0.1, -0.05) is 20.8 Å². The van der Waals surface area contributed by atoms with E-state index in [9.17, 15) is 26.9 Å². The first-order valence-corrected chi connectivity index (χ1v) is 8.78. The van der Waals surface area contributed by atoms with Crippen molar-refractivity contribution in [1.82, 2.24) is 4.98 Å². The van der Waals surface area contributed by atoms with E-state index in [1.54, 1.807) is 26.8 Å². The molecule has 2 aromatic rings. The SMILES string of the molecule is CC(C)(C)c1nc2ccc(C#N)c(S(=O)(=O)C(C)(C)C(F)(F)F)c2o1. The van der Waals surface area contributed by atoms with E-state index < -0.39 is 36.6 Å². The van der Waals surface area contributed by atoms with Crippen LogP contribution in [-0.2, 0) is 15.3 Å². The van der Waals surface area contributed by atoms with Gasteiger partial charge in [0.2, 0.25) is 5.89 Å². The van der Waals surface area contributed by atoms with Gasteiger partial charge in [0.15, 0.2) is 20.2 Å². The minimum Gasteiger partial charge on any atom is -0.439 e. The summed E-state index contributed by atoms with van der Waals surface area (Å²) in [7, 11) is -4.98. The van der Waals surface area contributed by atoms with Crippen LogP contribution in [0, 0.1) is 11.3 Å². The molecule has 0 radical (unpaired) electrons. The highest BCUT2D eigenvalue weighted by Gasteiger charge is 2.58. The van der Waals surface area contributed by atoms with E-state index in [4.69, 9.17) is 4.42 Å². The summed E-state index contributed by atoms with van der Waals surface area (Å²) in [6.45, 7) is 6.40. The van der Waals surface area contributed by atoms with Crippen molar-refractivity contribution in [1.29, 1.82) is 5.26 Å². The molecule has 1 aromatic carbocycles. The van der Waals surface area contributed by atoms with Crippen LogP contribution in [0.4, 0.5) is 13.2 Å². The summed E-state index contributed by atoms with van der Waals surface area (Å²) in [6, 6.07) is 4.12. The summed E-state index contributed by atoms with van der Waals surface area (Å²) < 4.78 is 68.0. The van der Waals surface area contributed by atoms with Gasteiger partial charge in [-0.15, -0.1) is 0 Å². The average Bonchev–Trinajstić information content (AvgIpc) is 2.88. The zero-order chi connectivity index (χ0) is 19.4. The van der Waals surface area contributed by atoms with Crippen molar-refractivity contribution in [3.8, 4) is 6.07 Å². The van der Waals surface area contributed by atoms with Crippen LogP contribution in [0.5, 0.6) is 0 Å². The lowest BCUT2D eigenvalue weighted by Crippen LogP contribution is -2.46. The maximum atomic E-state index is 13.3. The molecule has 2 rings (SSSR count). The van der Waals surface area contributed by atoms with Crippen molar-refractivity contribution in [3.63, 3.8) is 0 Å². The molecule has 9 heteroatoms. The molecule has 1 aromatic heterocycles. The third-order valence-electron chi connectivity index (χ3n) is 3.90. The van der Waals surface area contributed by atoms with Crippen LogP contribution in [0.3, 0.4) is 0 Å². The second kappa shape index (κ2) is 5.46. The monoisotopic (exact) mass is 374 g/mol. The molecule has 0 spiro atoms. The topological polar surface area (TPSA) is 84.0 Å². The molecule has 0 unspecified atom stereocenters. The van der Waals surface area contributed by atoms with Crippen LogP contribution in [0.15, 0.2) is 21.4 Å². The smallest absolute Gasteiger partial charge is 0.408 e. The van der Waals surface area contributed by atoms with Crippen LogP contribution in [0.1, 0.15) is 46.1 Å². The van der Waals surface area contributed by atoms with Crippen molar-refractivity contribution >= 4 is 20.9 Å². The number of nitriles is 1. The summed E-state index contributed by atoms with van der Waals surface area (Å²) in [5, 5.41) is 9.22. The number of oxazole rings is 1. The quantitative estimate of drug-likeness (QED) is 0.790. The Bertz CT molecular complexity index is 975. The van der Waals surface area contributed by atoms with Crippen LogP contribution in [0.2, 0.25) is 0 Å². The highest BCUT2D eigenvalue weighted by atomic mass is 32.2. The van der Waals surface area contributed by atoms with E-state index in [0.29, 0.717) is 13.8 Å². The number of sulfone groups is 1. The number of nitrogens with zero attached hydrogens (tertiary/aromatic N) is 2. The van der Waals surface area contributed by atoms with E-state index in [1.165, 1.54) is 6.07 Å². The molecule has 0 aliphatic heterocycles. The molecule has 0 atom stereocenters. The largest absolute Gasteiger partial charge is 0.439 e. The normalized spacial score (nSPS) is 13.9. The molecule has 0 aliphatic rings. The Kier molecular flexibility index (Phi) is 4.20. The van der Waals surface area contributed by atoms with Crippen molar-refractivity contribution in [2.24, 2.45) is 0 Å². The number of halogens is 3. The Hall–Kier alpha value is -2.08. The summed E-state index contributed by atoms with van der Waals surface area (Å²) in [5.41, 5.74) is -1.25. The third-order valence-corrected chi connectivity index (χ3v) is 6.42. The highest BCUT2D eigenvalue weighted by Crippen LogP contribution is 2.43. The fourth-order valence-electron chi connectivity index (χ4n) is 2.05. The second-order valence-corrected chi connectivity index (χ2v) is 9.62. The molecule has 0 amide bonds. The summed E-state index contributed by atoms with van der Waals surface area (Å²) in [5.74, 6) is 0.166. The minimum atomic E-state index is -5.03. The van der Waals surface area contributed by atoms with Crippen molar-refractivity contribution in [2.45, 2.75) is 55.9 Å². The van der Waals surface area contributed by atoms with E-state index in [-0.39, 0.29) is 17.0 Å². The first-order valence-electron chi connectivity index (χ1n) is 7.30. The standard InChI is InChI=1S/C16H17F3N2O3S/c1-14(2,3)13-21-10-7-6-9(8-20)12(11(10)24-13)25(22,23)15(4,5)16(17,18)19/h6-7H,1-5H3. The average molecular weight is 374 g/mol. The second-order valence-electron chi connectivity index (χ2n) is 7.18. The van der Waals surface area contributed by atoms with E-state index in [2.05, 4.69) is 4.98 Å². The number of alkyl halides is 3. The molecule has 0 N–H and O–H groups in total. The highest BCUT2D eigenvalue weighted by molar-refractivity contribution is 7.93. The number of aromatic nitrogens is 1. The maximum Gasteiger partial charge on any atom is 0.408 e. The molecule has 1 heterocycles. The Labute approximate surface area is 143 Å². The lowest BCUT2D eigenvalue weighted by molar-refractivity contribution is -0.153. The number of hydrogen-bond acceptors (Lipinski definition) is 5. The van der Waals surface area contributed by atoms with Gasteiger partial charge in [-0.25, -0.2) is 13.4 Å². The molecule has 0 aliphatic carbocycles. The molecule has 0 saturated heterocycles. The van der Waals surface area contributed by atoms with E-state index in [1.807, 2.05) is 0 Å². The van der Waals surface area contributed by atoms with Gasteiger partial charge in [0.1, 0.15) is 16.5 Å². The van der Waals surface area contributed by atoms with Crippen LogP contribution in [-0.4, -0.2) is 24.3 Å². The fourth-order valence-corrected chi connectivity index (χ4v) is 3.66. The third kappa shape index (κ3) is 2.88. The van der Waals surface area contributed by atoms with Gasteiger partial charge in [-0.2, -0.15) is 18.4 Å². The zero-order valence-electron chi connectivity index (χ0n) is 14.3. The molecule has 5 nitrogen and oxygen atoms in total. The predicted octanol–water partition coefficient (Wildman–Crippen LogP) is 4.11. The van der Waals surface area contributed by atoms with Crippen molar-refractivity contribution < 1.29 is 26.0 Å². The Balaban J connectivity index is 2.93. The van der Waals surface area contributed by atoms with Crippen molar-refractivity contribution in [3.05, 3.63) is 23.6 Å². The Morgan fingerprint density at radius 3 is 2.12 bits per heavy atom. The van der Waals surface area contributed by atoms with Gasteiger partial charge in [-0.05, 0) is 26.0 Å². The van der Waals surface area contributed by atoms with E-state index in [0.717, 1.165) is 6.07 Å². The molecule has 0 bridgehead atoms. The Morgan fingerprint density at radius 2 is 1.68 bits per heavy atom. The van der Waals surface area contributed by atoms with Gasteiger partial charge in [-0.3, -0.25) is 0 Å². The number of benzene rings is 1. The van der Waals surface area contributed by atoms with Crippen LogP contribution in [0.25, 0.3) is 11.1 Å². The van der Waals surface area contributed by atoms with Crippen molar-refractivity contribution in [2.75, 3.05) is 0 Å². The summed E-state index contributed by atoms with van der Waals surface area (Å²) in [4.78, 5) is 3.38. The molecular formula is C16H17F3N2O3S.